The van der Waals surface area contributed by atoms with Gasteiger partial charge in [0.25, 0.3) is 0 Å². The number of carbonyl (C=O) groups is 1. The van der Waals surface area contributed by atoms with Crippen LogP contribution in [-0.2, 0) is 9.53 Å². The van der Waals surface area contributed by atoms with Gasteiger partial charge in [0.2, 0.25) is 5.91 Å². The highest BCUT2D eigenvalue weighted by Crippen LogP contribution is 2.39. The number of anilines is 3. The number of rotatable bonds is 6. The summed E-state index contributed by atoms with van der Waals surface area (Å²) in [5, 5.41) is 6.06. The Morgan fingerprint density at radius 1 is 1.19 bits per heavy atom. The molecule has 0 radical (unpaired) electrons. The van der Waals surface area contributed by atoms with E-state index in [1.54, 1.807) is 12.1 Å². The van der Waals surface area contributed by atoms with Crippen LogP contribution >= 0.6 is 0 Å². The molecule has 1 aromatic heterocycles. The summed E-state index contributed by atoms with van der Waals surface area (Å²) in [5.74, 6) is 0.906. The number of carbonyl (C=O) groups excluding carboxylic acids is 1. The smallest absolute Gasteiger partial charge is 0.381 e. The van der Waals surface area contributed by atoms with E-state index in [1.165, 1.54) is 4.90 Å². The van der Waals surface area contributed by atoms with Crippen LogP contribution < -0.4 is 15.5 Å². The maximum atomic E-state index is 13.6. The normalized spacial score (nSPS) is 20.7. The van der Waals surface area contributed by atoms with E-state index in [9.17, 15) is 18.0 Å². The molecule has 0 aliphatic carbocycles. The van der Waals surface area contributed by atoms with Gasteiger partial charge in [0, 0.05) is 32.7 Å². The van der Waals surface area contributed by atoms with Crippen molar-refractivity contribution in [3.8, 4) is 0 Å². The van der Waals surface area contributed by atoms with Crippen LogP contribution in [0.25, 0.3) is 0 Å². The molecular formula is C22H33F3N4O2. The lowest BCUT2D eigenvalue weighted by Crippen LogP contribution is -2.42. The largest absolute Gasteiger partial charge is 0.408 e. The molecule has 1 aromatic rings. The van der Waals surface area contributed by atoms with Crippen molar-refractivity contribution in [3.05, 3.63) is 12.1 Å². The van der Waals surface area contributed by atoms with Crippen molar-refractivity contribution in [1.82, 2.24) is 4.98 Å². The molecule has 1 atom stereocenters. The van der Waals surface area contributed by atoms with Crippen molar-refractivity contribution in [2.75, 3.05) is 41.8 Å². The molecule has 9 heteroatoms. The molecule has 2 fully saturated rings. The molecule has 0 bridgehead atoms. The van der Waals surface area contributed by atoms with Gasteiger partial charge >= 0.3 is 6.18 Å². The van der Waals surface area contributed by atoms with Crippen LogP contribution in [0.4, 0.5) is 30.5 Å². The highest BCUT2D eigenvalue weighted by molar-refractivity contribution is 5.94. The van der Waals surface area contributed by atoms with E-state index in [2.05, 4.69) is 15.6 Å². The van der Waals surface area contributed by atoms with Crippen LogP contribution in [0.3, 0.4) is 0 Å². The fraction of sp³-hybridized carbons (Fsp3) is 0.727. The summed E-state index contributed by atoms with van der Waals surface area (Å²) in [5.41, 5.74) is 0.0902. The van der Waals surface area contributed by atoms with Crippen LogP contribution in [0.5, 0.6) is 0 Å². The molecule has 174 valence electrons. The maximum Gasteiger partial charge on any atom is 0.408 e. The topological polar surface area (TPSA) is 66.5 Å². The zero-order chi connectivity index (χ0) is 22.6. The molecule has 1 amide bonds. The van der Waals surface area contributed by atoms with E-state index in [0.29, 0.717) is 30.4 Å². The third-order valence-corrected chi connectivity index (χ3v) is 5.66. The zero-order valence-corrected chi connectivity index (χ0v) is 18.5. The van der Waals surface area contributed by atoms with Gasteiger partial charge in [0.15, 0.2) is 5.82 Å². The standard InChI is InChI=1S/C22H33F3N4O2/c1-21(2,3)13-19(30)27-16-6-7-18(26-14-15-8-11-31-12-9-15)28-20(16)29-10-4-5-17(29)22(23,24)25/h6-7,15,17H,4-5,8-14H2,1-3H3,(H,26,28)(H,27,30)/t17-/m1/s1. The maximum absolute atomic E-state index is 13.6. The molecule has 0 saturated carbocycles. The number of hydrogen-bond donors (Lipinski definition) is 2. The number of alkyl halides is 3. The zero-order valence-electron chi connectivity index (χ0n) is 18.5. The molecule has 31 heavy (non-hydrogen) atoms. The van der Waals surface area contributed by atoms with Crippen LogP contribution in [0.1, 0.15) is 52.9 Å². The molecule has 2 saturated heterocycles. The van der Waals surface area contributed by atoms with Crippen molar-refractivity contribution in [2.45, 2.75) is 65.1 Å². The minimum Gasteiger partial charge on any atom is -0.381 e. The van der Waals surface area contributed by atoms with Gasteiger partial charge in [0.05, 0.1) is 5.69 Å². The monoisotopic (exact) mass is 442 g/mol. The summed E-state index contributed by atoms with van der Waals surface area (Å²) in [7, 11) is 0. The SMILES string of the molecule is CC(C)(C)CC(=O)Nc1ccc(NCC2CCOCC2)nc1N1CCC[C@@H]1C(F)(F)F. The Morgan fingerprint density at radius 3 is 2.55 bits per heavy atom. The van der Waals surface area contributed by atoms with Crippen molar-refractivity contribution in [1.29, 1.82) is 0 Å². The van der Waals surface area contributed by atoms with E-state index >= 15 is 0 Å². The summed E-state index contributed by atoms with van der Waals surface area (Å²) in [6, 6.07) is 1.78. The summed E-state index contributed by atoms with van der Waals surface area (Å²) >= 11 is 0. The van der Waals surface area contributed by atoms with Gasteiger partial charge in [0.1, 0.15) is 11.9 Å². The Bertz CT molecular complexity index is 758. The molecule has 2 aliphatic rings. The highest BCUT2D eigenvalue weighted by atomic mass is 19.4. The van der Waals surface area contributed by atoms with E-state index in [-0.39, 0.29) is 36.5 Å². The van der Waals surface area contributed by atoms with Gasteiger partial charge < -0.3 is 20.3 Å². The predicted octanol–water partition coefficient (Wildman–Crippen LogP) is 4.83. The first kappa shape index (κ1) is 23.6. The molecule has 0 aromatic carbocycles. The number of ether oxygens (including phenoxy) is 1. The fourth-order valence-electron chi connectivity index (χ4n) is 4.10. The van der Waals surface area contributed by atoms with Gasteiger partial charge in [-0.2, -0.15) is 13.2 Å². The first-order chi connectivity index (χ1) is 14.5. The van der Waals surface area contributed by atoms with Gasteiger partial charge in [-0.3, -0.25) is 4.79 Å². The minimum atomic E-state index is -4.35. The Kier molecular flexibility index (Phi) is 7.34. The molecule has 2 N–H and O–H groups in total. The second-order valence-corrected chi connectivity index (χ2v) is 9.68. The number of nitrogens with zero attached hydrogens (tertiary/aromatic N) is 2. The van der Waals surface area contributed by atoms with Crippen LogP contribution in [0.2, 0.25) is 0 Å². The van der Waals surface area contributed by atoms with E-state index in [0.717, 1.165) is 26.1 Å². The van der Waals surface area contributed by atoms with Crippen molar-refractivity contribution >= 4 is 23.2 Å². The summed E-state index contributed by atoms with van der Waals surface area (Å²) in [6.45, 7) is 8.21. The molecule has 2 aliphatic heterocycles. The quantitative estimate of drug-likeness (QED) is 0.661. The van der Waals surface area contributed by atoms with Gasteiger partial charge in [-0.1, -0.05) is 20.8 Å². The Labute approximate surface area is 181 Å². The second kappa shape index (κ2) is 9.63. The average molecular weight is 443 g/mol. The lowest BCUT2D eigenvalue weighted by molar-refractivity contribution is -0.146. The number of hydrogen-bond acceptors (Lipinski definition) is 5. The third-order valence-electron chi connectivity index (χ3n) is 5.66. The number of halogens is 3. The summed E-state index contributed by atoms with van der Waals surface area (Å²) in [4.78, 5) is 18.3. The fourth-order valence-corrected chi connectivity index (χ4v) is 4.10. The van der Waals surface area contributed by atoms with E-state index in [1.807, 2.05) is 20.8 Å². The Hall–Kier alpha value is -2.03. The average Bonchev–Trinajstić information content (AvgIpc) is 3.17. The third kappa shape index (κ3) is 6.72. The first-order valence-corrected chi connectivity index (χ1v) is 11.0. The Balaban J connectivity index is 1.82. The second-order valence-electron chi connectivity index (χ2n) is 9.68. The highest BCUT2D eigenvalue weighted by Gasteiger charge is 2.47. The number of amides is 1. The van der Waals surface area contributed by atoms with Gasteiger partial charge in [-0.15, -0.1) is 0 Å². The van der Waals surface area contributed by atoms with E-state index < -0.39 is 12.2 Å². The number of pyridine rings is 1. The molecule has 3 heterocycles. The van der Waals surface area contributed by atoms with Crippen LogP contribution in [0.15, 0.2) is 12.1 Å². The van der Waals surface area contributed by atoms with Crippen molar-refractivity contribution in [2.24, 2.45) is 11.3 Å². The van der Waals surface area contributed by atoms with E-state index in [4.69, 9.17) is 4.74 Å². The number of nitrogens with one attached hydrogen (secondary N) is 2. The van der Waals surface area contributed by atoms with Crippen LogP contribution in [-0.4, -0.2) is 49.4 Å². The molecule has 3 rings (SSSR count). The first-order valence-electron chi connectivity index (χ1n) is 11.0. The number of aromatic nitrogens is 1. The Morgan fingerprint density at radius 2 is 1.90 bits per heavy atom. The minimum absolute atomic E-state index is 0.0281. The van der Waals surface area contributed by atoms with Gasteiger partial charge in [-0.25, -0.2) is 4.98 Å². The van der Waals surface area contributed by atoms with Crippen molar-refractivity contribution in [3.63, 3.8) is 0 Å². The van der Waals surface area contributed by atoms with Gasteiger partial charge in [-0.05, 0) is 49.1 Å². The molecule has 0 unspecified atom stereocenters. The summed E-state index contributed by atoms with van der Waals surface area (Å²) < 4.78 is 46.2. The molecule has 6 nitrogen and oxygen atoms in total. The van der Waals surface area contributed by atoms with Crippen molar-refractivity contribution < 1.29 is 22.7 Å². The lowest BCUT2D eigenvalue weighted by Gasteiger charge is -2.30. The molecular weight excluding hydrogens is 409 g/mol. The predicted molar refractivity (Wildman–Crippen MR) is 115 cm³/mol. The lowest BCUT2D eigenvalue weighted by atomic mass is 9.92. The molecule has 0 spiro atoms. The van der Waals surface area contributed by atoms with Crippen LogP contribution in [0, 0.1) is 11.3 Å². The summed E-state index contributed by atoms with van der Waals surface area (Å²) in [6.07, 6.45) is -1.73.